The van der Waals surface area contributed by atoms with E-state index in [1.54, 1.807) is 12.3 Å². The lowest BCUT2D eigenvalue weighted by Crippen LogP contribution is -2.24. The second-order valence-corrected chi connectivity index (χ2v) is 7.12. The molecule has 6 heteroatoms. The molecule has 2 aromatic rings. The van der Waals surface area contributed by atoms with Gasteiger partial charge in [0.1, 0.15) is 12.4 Å². The highest BCUT2D eigenvalue weighted by molar-refractivity contribution is 14.1. The van der Waals surface area contributed by atoms with Gasteiger partial charge in [-0.25, -0.2) is 0 Å². The third-order valence-corrected chi connectivity index (χ3v) is 4.53. The van der Waals surface area contributed by atoms with E-state index in [1.165, 1.54) is 5.56 Å². The first-order chi connectivity index (χ1) is 10.9. The van der Waals surface area contributed by atoms with E-state index in [0.29, 0.717) is 10.8 Å². The summed E-state index contributed by atoms with van der Waals surface area (Å²) in [4.78, 5) is 11.7. The Balaban J connectivity index is 2.24. The van der Waals surface area contributed by atoms with Gasteiger partial charge in [0, 0.05) is 9.13 Å². The molecule has 0 aromatic heterocycles. The van der Waals surface area contributed by atoms with Crippen molar-refractivity contribution in [3.8, 4) is 5.75 Å². The maximum atomic E-state index is 11.7. The standard InChI is InChI=1S/C17H18INO3S/c1-11-4-7-16(12(2)8-11)22-10-13-5-6-14(18)9-15(13)19(21)17(20)23-3/h4-9,21H,10H2,1-3H3. The highest BCUT2D eigenvalue weighted by Crippen LogP contribution is 2.27. The van der Waals surface area contributed by atoms with Crippen LogP contribution in [0.4, 0.5) is 10.5 Å². The van der Waals surface area contributed by atoms with Gasteiger partial charge in [0.25, 0.3) is 0 Å². The highest BCUT2D eigenvalue weighted by atomic mass is 127. The summed E-state index contributed by atoms with van der Waals surface area (Å²) in [6, 6.07) is 11.5. The maximum absolute atomic E-state index is 11.7. The summed E-state index contributed by atoms with van der Waals surface area (Å²) < 4.78 is 6.79. The normalized spacial score (nSPS) is 10.5. The van der Waals surface area contributed by atoms with E-state index in [0.717, 1.165) is 32.2 Å². The van der Waals surface area contributed by atoms with E-state index in [-0.39, 0.29) is 6.61 Å². The minimum absolute atomic E-state index is 0.273. The Morgan fingerprint density at radius 1 is 1.26 bits per heavy atom. The molecule has 0 aliphatic rings. The number of benzene rings is 2. The quantitative estimate of drug-likeness (QED) is 0.403. The van der Waals surface area contributed by atoms with Crippen LogP contribution in [0, 0.1) is 17.4 Å². The molecule has 0 atom stereocenters. The van der Waals surface area contributed by atoms with Gasteiger partial charge in [0.2, 0.25) is 0 Å². The number of rotatable bonds is 4. The lowest BCUT2D eigenvalue weighted by molar-refractivity contribution is 0.223. The van der Waals surface area contributed by atoms with Gasteiger partial charge in [-0.3, -0.25) is 10.0 Å². The van der Waals surface area contributed by atoms with Gasteiger partial charge in [0.05, 0.1) is 5.69 Å². The average molecular weight is 443 g/mol. The van der Waals surface area contributed by atoms with E-state index < -0.39 is 5.24 Å². The van der Waals surface area contributed by atoms with Crippen molar-refractivity contribution in [1.82, 2.24) is 0 Å². The van der Waals surface area contributed by atoms with Gasteiger partial charge in [-0.2, -0.15) is 5.06 Å². The number of halogens is 1. The summed E-state index contributed by atoms with van der Waals surface area (Å²) in [6.45, 7) is 4.30. The molecule has 122 valence electrons. The van der Waals surface area contributed by atoms with Crippen molar-refractivity contribution in [1.29, 1.82) is 0 Å². The molecule has 2 rings (SSSR count). The van der Waals surface area contributed by atoms with Gasteiger partial charge >= 0.3 is 5.24 Å². The second-order valence-electron chi connectivity index (χ2n) is 5.11. The van der Waals surface area contributed by atoms with Crippen molar-refractivity contribution in [3.63, 3.8) is 0 Å². The molecule has 0 radical (unpaired) electrons. The molecule has 0 unspecified atom stereocenters. The number of ether oxygens (including phenoxy) is 1. The first-order valence-corrected chi connectivity index (χ1v) is 9.28. The Morgan fingerprint density at radius 2 is 2.00 bits per heavy atom. The summed E-state index contributed by atoms with van der Waals surface area (Å²) in [7, 11) is 0. The monoisotopic (exact) mass is 443 g/mol. The maximum Gasteiger partial charge on any atom is 0.309 e. The molecular weight excluding hydrogens is 425 g/mol. The van der Waals surface area contributed by atoms with Crippen molar-refractivity contribution in [2.45, 2.75) is 20.5 Å². The number of amides is 1. The Labute approximate surface area is 153 Å². The molecule has 0 fully saturated rings. The van der Waals surface area contributed by atoms with E-state index in [1.807, 2.05) is 38.1 Å². The number of carbonyl (C=O) groups is 1. The number of hydrogen-bond donors (Lipinski definition) is 1. The third kappa shape index (κ3) is 4.62. The summed E-state index contributed by atoms with van der Waals surface area (Å²) in [5.41, 5.74) is 3.42. The van der Waals surface area contributed by atoms with Gasteiger partial charge in [-0.05, 0) is 66.5 Å². The van der Waals surface area contributed by atoms with Crippen LogP contribution in [0.2, 0.25) is 0 Å². The van der Waals surface area contributed by atoms with Crippen molar-refractivity contribution in [3.05, 3.63) is 56.7 Å². The van der Waals surface area contributed by atoms with E-state index in [9.17, 15) is 10.0 Å². The minimum atomic E-state index is -0.431. The van der Waals surface area contributed by atoms with E-state index in [2.05, 4.69) is 28.7 Å². The SMILES string of the molecule is CSC(=O)N(O)c1cc(I)ccc1COc1ccc(C)cc1C. The molecule has 0 bridgehead atoms. The Bertz CT molecular complexity index is 721. The first-order valence-electron chi connectivity index (χ1n) is 6.98. The number of aryl methyl sites for hydroxylation is 2. The molecule has 0 aliphatic heterocycles. The van der Waals surface area contributed by atoms with Gasteiger partial charge in [-0.1, -0.05) is 35.5 Å². The van der Waals surface area contributed by atoms with Crippen molar-refractivity contribution < 1.29 is 14.7 Å². The first kappa shape index (κ1) is 18.1. The van der Waals surface area contributed by atoms with Gasteiger partial charge < -0.3 is 4.74 Å². The number of thioether (sulfide) groups is 1. The molecule has 0 saturated carbocycles. The predicted molar refractivity (Wildman–Crippen MR) is 103 cm³/mol. The predicted octanol–water partition coefficient (Wildman–Crippen LogP) is 5.17. The summed E-state index contributed by atoms with van der Waals surface area (Å²) in [5, 5.41) is 10.3. The van der Waals surface area contributed by atoms with Crippen molar-refractivity contribution in [2.24, 2.45) is 0 Å². The lowest BCUT2D eigenvalue weighted by atomic mass is 10.1. The second kappa shape index (κ2) is 8.03. The Kier molecular flexibility index (Phi) is 6.32. The fourth-order valence-electron chi connectivity index (χ4n) is 2.16. The van der Waals surface area contributed by atoms with Crippen LogP contribution in [0.15, 0.2) is 36.4 Å². The molecule has 0 heterocycles. The summed E-state index contributed by atoms with van der Waals surface area (Å²) in [5.74, 6) is 0.792. The van der Waals surface area contributed by atoms with Crippen molar-refractivity contribution in [2.75, 3.05) is 11.3 Å². The molecule has 23 heavy (non-hydrogen) atoms. The molecule has 1 N–H and O–H groups in total. The molecule has 0 spiro atoms. The largest absolute Gasteiger partial charge is 0.489 e. The zero-order chi connectivity index (χ0) is 17.0. The van der Waals surface area contributed by atoms with E-state index in [4.69, 9.17) is 4.74 Å². The van der Waals surface area contributed by atoms with Crippen LogP contribution in [0.25, 0.3) is 0 Å². The van der Waals surface area contributed by atoms with Crippen LogP contribution in [0.1, 0.15) is 16.7 Å². The molecule has 2 aromatic carbocycles. The molecular formula is C17H18INO3S. The van der Waals surface area contributed by atoms with Crippen LogP contribution >= 0.6 is 34.4 Å². The topological polar surface area (TPSA) is 49.8 Å². The number of hydroxylamine groups is 1. The lowest BCUT2D eigenvalue weighted by Gasteiger charge is -2.18. The molecule has 0 saturated heterocycles. The number of carbonyl (C=O) groups excluding carboxylic acids is 1. The number of anilines is 1. The van der Waals surface area contributed by atoms with Crippen LogP contribution in [-0.4, -0.2) is 16.7 Å². The number of hydrogen-bond acceptors (Lipinski definition) is 4. The fourth-order valence-corrected chi connectivity index (χ4v) is 2.90. The molecule has 1 amide bonds. The van der Waals surface area contributed by atoms with Crippen LogP contribution in [-0.2, 0) is 6.61 Å². The fraction of sp³-hybridized carbons (Fsp3) is 0.235. The highest BCUT2D eigenvalue weighted by Gasteiger charge is 2.17. The summed E-state index contributed by atoms with van der Waals surface area (Å²) >= 11 is 3.10. The summed E-state index contributed by atoms with van der Waals surface area (Å²) in [6.07, 6.45) is 1.63. The van der Waals surface area contributed by atoms with Gasteiger partial charge in [0.15, 0.2) is 0 Å². The number of nitrogens with zero attached hydrogens (tertiary/aromatic N) is 1. The molecule has 0 aliphatic carbocycles. The zero-order valence-electron chi connectivity index (χ0n) is 13.2. The smallest absolute Gasteiger partial charge is 0.309 e. The van der Waals surface area contributed by atoms with Crippen LogP contribution in [0.3, 0.4) is 0 Å². The average Bonchev–Trinajstić information content (AvgIpc) is 2.53. The Morgan fingerprint density at radius 3 is 2.65 bits per heavy atom. The zero-order valence-corrected chi connectivity index (χ0v) is 16.1. The van der Waals surface area contributed by atoms with Crippen molar-refractivity contribution >= 4 is 45.3 Å². The van der Waals surface area contributed by atoms with Crippen LogP contribution in [0.5, 0.6) is 5.75 Å². The third-order valence-electron chi connectivity index (χ3n) is 3.34. The van der Waals surface area contributed by atoms with Crippen LogP contribution < -0.4 is 9.80 Å². The van der Waals surface area contributed by atoms with Gasteiger partial charge in [-0.15, -0.1) is 0 Å². The molecule has 4 nitrogen and oxygen atoms in total. The van der Waals surface area contributed by atoms with E-state index >= 15 is 0 Å². The minimum Gasteiger partial charge on any atom is -0.489 e. The Hall–Kier alpha value is -1.25.